The topological polar surface area (TPSA) is 42.9 Å². The molecule has 1 heterocycles. The minimum Gasteiger partial charge on any atom is -0.287 e. The van der Waals surface area contributed by atoms with Crippen LogP contribution < -0.4 is 0 Å². The molecule has 0 aliphatic heterocycles. The first-order valence-corrected chi connectivity index (χ1v) is 5.69. The summed E-state index contributed by atoms with van der Waals surface area (Å²) in [6, 6.07) is 2.21. The highest BCUT2D eigenvalue weighted by atomic mass is 79.9. The van der Waals surface area contributed by atoms with Crippen LogP contribution in [0.3, 0.4) is 0 Å². The molecule has 0 unspecified atom stereocenters. The third-order valence-electron chi connectivity index (χ3n) is 1.86. The van der Waals surface area contributed by atoms with E-state index in [1.165, 1.54) is 11.4 Å². The molecule has 0 spiro atoms. The molecule has 0 aliphatic rings. The molecule has 3 nitrogen and oxygen atoms in total. The predicted molar refractivity (Wildman–Crippen MR) is 57.4 cm³/mol. The third-order valence-corrected chi connectivity index (χ3v) is 2.98. The number of aromatic nitrogens is 2. The highest BCUT2D eigenvalue weighted by molar-refractivity contribution is 9.10. The largest absolute Gasteiger partial charge is 0.287 e. The predicted octanol–water partition coefficient (Wildman–Crippen LogP) is 2.81. The summed E-state index contributed by atoms with van der Waals surface area (Å²) in [6.07, 6.45) is 0. The molecular weight excluding hydrogens is 302 g/mol. The Labute approximate surface area is 101 Å². The number of carbonyl (C=O) groups excluding carboxylic acids is 1. The smallest absolute Gasteiger partial charge is 0.220 e. The van der Waals surface area contributed by atoms with E-state index in [0.717, 1.165) is 17.6 Å². The normalized spacial score (nSPS) is 10.4. The van der Waals surface area contributed by atoms with Crippen molar-refractivity contribution < 1.29 is 13.6 Å². The Hall–Kier alpha value is -1.21. The lowest BCUT2D eigenvalue weighted by molar-refractivity contribution is 0.102. The number of hydrogen-bond donors (Lipinski definition) is 0. The maximum absolute atomic E-state index is 13.6. The van der Waals surface area contributed by atoms with Gasteiger partial charge in [0.15, 0.2) is 5.82 Å². The van der Waals surface area contributed by atoms with E-state index in [9.17, 15) is 13.6 Å². The van der Waals surface area contributed by atoms with Gasteiger partial charge in [-0.25, -0.2) is 8.78 Å². The monoisotopic (exact) mass is 304 g/mol. The summed E-state index contributed by atoms with van der Waals surface area (Å²) in [4.78, 5) is 11.7. The average molecular weight is 305 g/mol. The van der Waals surface area contributed by atoms with Crippen LogP contribution in [0.4, 0.5) is 8.78 Å². The summed E-state index contributed by atoms with van der Waals surface area (Å²) in [5, 5.41) is 4.81. The van der Waals surface area contributed by atoms with Gasteiger partial charge in [-0.05, 0) is 39.6 Å². The van der Waals surface area contributed by atoms with Crippen LogP contribution in [0.2, 0.25) is 0 Å². The Balaban J connectivity index is 2.56. The lowest BCUT2D eigenvalue weighted by Gasteiger charge is -2.03. The Bertz CT molecular complexity index is 545. The zero-order valence-corrected chi connectivity index (χ0v) is 9.98. The Kier molecular flexibility index (Phi) is 3.06. The average Bonchev–Trinajstić information content (AvgIpc) is 2.77. The summed E-state index contributed by atoms with van der Waals surface area (Å²) < 4.78 is 30.4. The minimum atomic E-state index is -0.932. The van der Waals surface area contributed by atoms with Gasteiger partial charge in [0.2, 0.25) is 5.78 Å². The lowest BCUT2D eigenvalue weighted by Crippen LogP contribution is -2.08. The van der Waals surface area contributed by atoms with Gasteiger partial charge in [-0.15, -0.1) is 5.10 Å². The lowest BCUT2D eigenvalue weighted by atomic mass is 10.1. The van der Waals surface area contributed by atoms with Crippen LogP contribution >= 0.6 is 27.5 Å². The van der Waals surface area contributed by atoms with Gasteiger partial charge in [-0.3, -0.25) is 4.79 Å². The molecule has 7 heteroatoms. The number of ketones is 1. The molecule has 0 atom stereocenters. The fourth-order valence-electron chi connectivity index (χ4n) is 1.13. The molecule has 0 saturated heterocycles. The van der Waals surface area contributed by atoms with E-state index in [4.69, 9.17) is 0 Å². The van der Waals surface area contributed by atoms with Crippen LogP contribution in [0.25, 0.3) is 0 Å². The maximum atomic E-state index is 13.6. The van der Waals surface area contributed by atoms with Crippen molar-refractivity contribution in [3.63, 3.8) is 0 Å². The van der Waals surface area contributed by atoms with Crippen LogP contribution in [-0.4, -0.2) is 15.4 Å². The summed E-state index contributed by atoms with van der Waals surface area (Å²) in [6.45, 7) is 0. The van der Waals surface area contributed by atoms with Crippen LogP contribution in [0.5, 0.6) is 0 Å². The molecule has 82 valence electrons. The molecule has 16 heavy (non-hydrogen) atoms. The molecule has 0 bridgehead atoms. The van der Waals surface area contributed by atoms with Gasteiger partial charge in [-0.2, -0.15) is 0 Å². The van der Waals surface area contributed by atoms with Gasteiger partial charge in [-0.1, -0.05) is 4.49 Å². The molecule has 0 aliphatic carbocycles. The fraction of sp³-hybridized carbons (Fsp3) is 0. The number of carbonyl (C=O) groups is 1. The molecule has 0 fully saturated rings. The number of nitrogens with zero attached hydrogens (tertiary/aromatic N) is 2. The molecule has 0 saturated carbocycles. The van der Waals surface area contributed by atoms with E-state index in [1.807, 2.05) is 0 Å². The second-order valence-corrected chi connectivity index (χ2v) is 4.30. The fourth-order valence-corrected chi connectivity index (χ4v) is 1.89. The van der Waals surface area contributed by atoms with E-state index < -0.39 is 23.0 Å². The zero-order valence-electron chi connectivity index (χ0n) is 7.58. The van der Waals surface area contributed by atoms with Crippen molar-refractivity contribution >= 4 is 33.2 Å². The first kappa shape index (κ1) is 11.3. The summed E-state index contributed by atoms with van der Waals surface area (Å²) in [5.41, 5.74) is -0.692. The molecule has 1 aromatic carbocycles. The number of rotatable bonds is 2. The van der Waals surface area contributed by atoms with Crippen molar-refractivity contribution in [2.75, 3.05) is 0 Å². The van der Waals surface area contributed by atoms with Crippen molar-refractivity contribution in [2.24, 2.45) is 0 Å². The highest BCUT2D eigenvalue weighted by Crippen LogP contribution is 2.23. The van der Waals surface area contributed by atoms with Gasteiger partial charge < -0.3 is 0 Å². The molecule has 2 aromatic rings. The maximum Gasteiger partial charge on any atom is 0.220 e. The van der Waals surface area contributed by atoms with Crippen LogP contribution in [0, 0.1) is 11.6 Å². The van der Waals surface area contributed by atoms with Crippen molar-refractivity contribution in [2.45, 2.75) is 0 Å². The standard InChI is InChI=1S/C9H3BrF2N2OS/c10-4-1-2-5(11)7(8(4)12)9(15)6-3-16-14-13-6/h1-3H. The van der Waals surface area contributed by atoms with Crippen LogP contribution in [-0.2, 0) is 0 Å². The summed E-state index contributed by atoms with van der Waals surface area (Å²) in [5.74, 6) is -2.67. The minimum absolute atomic E-state index is 0.0282. The van der Waals surface area contributed by atoms with Crippen molar-refractivity contribution in [3.05, 3.63) is 44.9 Å². The zero-order chi connectivity index (χ0) is 11.7. The summed E-state index contributed by atoms with van der Waals surface area (Å²) >= 11 is 3.82. The van der Waals surface area contributed by atoms with Crippen molar-refractivity contribution in [1.82, 2.24) is 9.59 Å². The van der Waals surface area contributed by atoms with Crippen LogP contribution in [0.1, 0.15) is 16.1 Å². The van der Waals surface area contributed by atoms with E-state index in [2.05, 4.69) is 25.5 Å². The SMILES string of the molecule is O=C(c1csnn1)c1c(F)ccc(Br)c1F. The van der Waals surface area contributed by atoms with Gasteiger partial charge in [0.1, 0.15) is 11.5 Å². The Morgan fingerprint density at radius 1 is 1.38 bits per heavy atom. The van der Waals surface area contributed by atoms with Gasteiger partial charge in [0.25, 0.3) is 0 Å². The van der Waals surface area contributed by atoms with Crippen molar-refractivity contribution in [1.29, 1.82) is 0 Å². The van der Waals surface area contributed by atoms with Crippen LogP contribution in [0.15, 0.2) is 22.0 Å². The number of benzene rings is 1. The van der Waals surface area contributed by atoms with E-state index in [-0.39, 0.29) is 10.2 Å². The molecule has 1 aromatic heterocycles. The molecular formula is C9H3BrF2N2OS. The molecule has 0 N–H and O–H groups in total. The van der Waals surface area contributed by atoms with Gasteiger partial charge >= 0.3 is 0 Å². The first-order chi connectivity index (χ1) is 7.61. The number of halogens is 3. The number of hydrogen-bond acceptors (Lipinski definition) is 4. The van der Waals surface area contributed by atoms with E-state index in [0.29, 0.717) is 0 Å². The van der Waals surface area contributed by atoms with Gasteiger partial charge in [0, 0.05) is 5.38 Å². The summed E-state index contributed by atoms with van der Waals surface area (Å²) in [7, 11) is 0. The highest BCUT2D eigenvalue weighted by Gasteiger charge is 2.22. The second kappa shape index (κ2) is 4.34. The molecule has 0 radical (unpaired) electrons. The molecule has 0 amide bonds. The third kappa shape index (κ3) is 1.88. The van der Waals surface area contributed by atoms with Crippen molar-refractivity contribution in [3.8, 4) is 0 Å². The molecule has 2 rings (SSSR count). The van der Waals surface area contributed by atoms with E-state index in [1.54, 1.807) is 0 Å². The quantitative estimate of drug-likeness (QED) is 0.633. The second-order valence-electron chi connectivity index (χ2n) is 2.84. The Morgan fingerprint density at radius 2 is 2.12 bits per heavy atom. The first-order valence-electron chi connectivity index (χ1n) is 4.06. The van der Waals surface area contributed by atoms with E-state index >= 15 is 0 Å². The van der Waals surface area contributed by atoms with Gasteiger partial charge in [0.05, 0.1) is 10.0 Å². The Morgan fingerprint density at radius 3 is 2.75 bits per heavy atom.